The molecule has 0 saturated heterocycles. The van der Waals surface area contributed by atoms with Crippen molar-refractivity contribution in [2.24, 2.45) is 11.7 Å². The lowest BCUT2D eigenvalue weighted by atomic mass is 9.94. The van der Waals surface area contributed by atoms with Gasteiger partial charge in [0.25, 0.3) is 0 Å². The van der Waals surface area contributed by atoms with E-state index in [0.717, 1.165) is 31.6 Å². The van der Waals surface area contributed by atoms with Crippen LogP contribution in [0.25, 0.3) is 0 Å². The van der Waals surface area contributed by atoms with E-state index in [1.54, 1.807) is 0 Å². The van der Waals surface area contributed by atoms with E-state index in [4.69, 9.17) is 5.73 Å². The Kier molecular flexibility index (Phi) is 4.90. The van der Waals surface area contributed by atoms with E-state index in [-0.39, 0.29) is 10.7 Å². The van der Waals surface area contributed by atoms with Crippen molar-refractivity contribution in [3.8, 4) is 0 Å². The van der Waals surface area contributed by atoms with Crippen LogP contribution in [0.5, 0.6) is 0 Å². The van der Waals surface area contributed by atoms with Gasteiger partial charge in [0.1, 0.15) is 5.54 Å². The number of amides is 1. The van der Waals surface area contributed by atoms with Gasteiger partial charge in [-0.3, -0.25) is 4.79 Å². The van der Waals surface area contributed by atoms with Gasteiger partial charge in [0.05, 0.1) is 0 Å². The van der Waals surface area contributed by atoms with Gasteiger partial charge in [0.15, 0.2) is 0 Å². The molecule has 3 N–H and O–H groups in total. The van der Waals surface area contributed by atoms with Gasteiger partial charge in [-0.15, -0.1) is 0 Å². The van der Waals surface area contributed by atoms with Crippen LogP contribution < -0.4 is 11.1 Å². The highest BCUT2D eigenvalue weighted by atomic mass is 32.2. The summed E-state index contributed by atoms with van der Waals surface area (Å²) < 4.78 is 0.170. The maximum Gasteiger partial charge on any atom is 0.238 e. The van der Waals surface area contributed by atoms with E-state index in [9.17, 15) is 4.79 Å². The molecule has 0 aromatic rings. The topological polar surface area (TPSA) is 55.1 Å². The number of nitrogens with one attached hydrogen (secondary N) is 1. The molecule has 1 unspecified atom stereocenters. The largest absolute Gasteiger partial charge is 0.368 e. The van der Waals surface area contributed by atoms with Crippen molar-refractivity contribution in [1.29, 1.82) is 0 Å². The Labute approximate surface area is 109 Å². The minimum atomic E-state index is -0.478. The van der Waals surface area contributed by atoms with Crippen molar-refractivity contribution < 1.29 is 4.79 Å². The van der Waals surface area contributed by atoms with Crippen molar-refractivity contribution in [2.45, 2.75) is 57.2 Å². The molecule has 0 radical (unpaired) electrons. The molecule has 4 heteroatoms. The molecule has 0 spiro atoms. The third-order valence-corrected chi connectivity index (χ3v) is 4.60. The molecule has 0 aromatic heterocycles. The van der Waals surface area contributed by atoms with Gasteiger partial charge in [-0.2, -0.15) is 11.8 Å². The Balaban J connectivity index is 2.72. The zero-order valence-corrected chi connectivity index (χ0v) is 12.3. The van der Waals surface area contributed by atoms with Crippen LogP contribution >= 0.6 is 11.8 Å². The van der Waals surface area contributed by atoms with E-state index in [2.05, 4.69) is 33.0 Å². The van der Waals surface area contributed by atoms with E-state index in [1.807, 2.05) is 11.8 Å². The normalized spacial score (nSPS) is 20.0. The van der Waals surface area contributed by atoms with Gasteiger partial charge in [-0.1, -0.05) is 27.7 Å². The third-order valence-electron chi connectivity index (χ3n) is 3.14. The maximum absolute atomic E-state index is 11.9. The molecule has 0 heterocycles. The number of rotatable bonds is 7. The first-order valence-corrected chi connectivity index (χ1v) is 7.49. The molecule has 17 heavy (non-hydrogen) atoms. The second kappa shape index (κ2) is 5.61. The fourth-order valence-electron chi connectivity index (χ4n) is 1.93. The van der Waals surface area contributed by atoms with Crippen LogP contribution in [0.15, 0.2) is 0 Å². The Hall–Kier alpha value is -0.220. The number of hydrogen-bond acceptors (Lipinski definition) is 3. The summed E-state index contributed by atoms with van der Waals surface area (Å²) in [7, 11) is 0. The highest BCUT2D eigenvalue weighted by Crippen LogP contribution is 2.43. The monoisotopic (exact) mass is 258 g/mol. The number of nitrogens with two attached hydrogens (primary N) is 1. The first-order chi connectivity index (χ1) is 7.82. The van der Waals surface area contributed by atoms with Crippen LogP contribution in [-0.4, -0.2) is 28.5 Å². The molecular weight excluding hydrogens is 232 g/mol. The smallest absolute Gasteiger partial charge is 0.238 e. The predicted octanol–water partition coefficient (Wildman–Crippen LogP) is 2.15. The van der Waals surface area contributed by atoms with Crippen molar-refractivity contribution in [1.82, 2.24) is 5.32 Å². The quantitative estimate of drug-likeness (QED) is 0.735. The summed E-state index contributed by atoms with van der Waals surface area (Å²) in [6.07, 6.45) is 3.29. The van der Waals surface area contributed by atoms with Crippen LogP contribution in [0.2, 0.25) is 0 Å². The Morgan fingerprint density at radius 3 is 2.35 bits per heavy atom. The average molecular weight is 258 g/mol. The van der Waals surface area contributed by atoms with Gasteiger partial charge in [0, 0.05) is 10.5 Å². The molecule has 1 aliphatic rings. The number of primary amides is 1. The van der Waals surface area contributed by atoms with E-state index < -0.39 is 5.54 Å². The van der Waals surface area contributed by atoms with Crippen molar-refractivity contribution >= 4 is 17.7 Å². The standard InChI is InChI=1S/C13H26N2OS/c1-5-8-15-13(11(14)16,10-6-7-10)9-17-12(2,3)4/h10,15H,5-9H2,1-4H3,(H2,14,16). The van der Waals surface area contributed by atoms with Crippen LogP contribution in [0.1, 0.15) is 47.0 Å². The molecule has 1 saturated carbocycles. The lowest BCUT2D eigenvalue weighted by Gasteiger charge is -2.34. The van der Waals surface area contributed by atoms with Gasteiger partial charge in [0.2, 0.25) is 5.91 Å². The van der Waals surface area contributed by atoms with Crippen LogP contribution in [0.3, 0.4) is 0 Å². The zero-order chi connectivity index (χ0) is 13.1. The van der Waals surface area contributed by atoms with Crippen molar-refractivity contribution in [2.75, 3.05) is 12.3 Å². The lowest BCUT2D eigenvalue weighted by molar-refractivity contribution is -0.124. The molecule has 3 nitrogen and oxygen atoms in total. The molecule has 0 bridgehead atoms. The summed E-state index contributed by atoms with van der Waals surface area (Å²) in [6.45, 7) is 9.51. The fraction of sp³-hybridized carbons (Fsp3) is 0.923. The molecular formula is C13H26N2OS. The number of carbonyl (C=O) groups is 1. The first kappa shape index (κ1) is 14.8. The lowest BCUT2D eigenvalue weighted by Crippen LogP contribution is -2.59. The van der Waals surface area contributed by atoms with Crippen LogP contribution in [0, 0.1) is 5.92 Å². The van der Waals surface area contributed by atoms with Gasteiger partial charge >= 0.3 is 0 Å². The molecule has 1 aliphatic carbocycles. The van der Waals surface area contributed by atoms with Gasteiger partial charge < -0.3 is 11.1 Å². The Morgan fingerprint density at radius 1 is 1.41 bits per heavy atom. The summed E-state index contributed by atoms with van der Waals surface area (Å²) in [4.78, 5) is 11.9. The maximum atomic E-state index is 11.9. The minimum Gasteiger partial charge on any atom is -0.368 e. The second-order valence-electron chi connectivity index (χ2n) is 5.94. The zero-order valence-electron chi connectivity index (χ0n) is 11.5. The van der Waals surface area contributed by atoms with Gasteiger partial charge in [-0.25, -0.2) is 0 Å². The molecule has 1 rings (SSSR count). The molecule has 1 amide bonds. The SMILES string of the molecule is CCCNC(CSC(C)(C)C)(C(N)=O)C1CC1. The van der Waals surface area contributed by atoms with Crippen LogP contribution in [-0.2, 0) is 4.79 Å². The molecule has 100 valence electrons. The van der Waals surface area contributed by atoms with Crippen molar-refractivity contribution in [3.05, 3.63) is 0 Å². The summed E-state index contributed by atoms with van der Waals surface area (Å²) in [6, 6.07) is 0. The molecule has 0 aliphatic heterocycles. The summed E-state index contributed by atoms with van der Waals surface area (Å²) >= 11 is 1.82. The predicted molar refractivity (Wildman–Crippen MR) is 75.2 cm³/mol. The number of carbonyl (C=O) groups excluding carboxylic acids is 1. The Bertz CT molecular complexity index is 271. The number of thioether (sulfide) groups is 1. The second-order valence-corrected chi connectivity index (χ2v) is 7.74. The molecule has 1 fully saturated rings. The average Bonchev–Trinajstić information content (AvgIpc) is 3.00. The number of hydrogen-bond donors (Lipinski definition) is 2. The summed E-state index contributed by atoms with van der Waals surface area (Å²) in [5.74, 6) is 1.06. The van der Waals surface area contributed by atoms with Crippen molar-refractivity contribution in [3.63, 3.8) is 0 Å². The summed E-state index contributed by atoms with van der Waals surface area (Å²) in [5.41, 5.74) is 5.19. The molecule has 0 aromatic carbocycles. The molecule has 1 atom stereocenters. The minimum absolute atomic E-state index is 0.170. The highest BCUT2D eigenvalue weighted by molar-refractivity contribution is 8.00. The van der Waals surface area contributed by atoms with Crippen LogP contribution in [0.4, 0.5) is 0 Å². The Morgan fingerprint density at radius 2 is 2.00 bits per heavy atom. The van der Waals surface area contributed by atoms with Gasteiger partial charge in [-0.05, 0) is 31.7 Å². The summed E-state index contributed by atoms with van der Waals surface area (Å²) in [5, 5.41) is 3.42. The van der Waals surface area contributed by atoms with E-state index in [1.165, 1.54) is 0 Å². The third kappa shape index (κ3) is 4.18. The first-order valence-electron chi connectivity index (χ1n) is 6.50. The highest BCUT2D eigenvalue weighted by Gasteiger charge is 2.49. The van der Waals surface area contributed by atoms with E-state index >= 15 is 0 Å². The van der Waals surface area contributed by atoms with E-state index in [0.29, 0.717) is 5.92 Å². The fourth-order valence-corrected chi connectivity index (χ4v) is 3.07.